The van der Waals surface area contributed by atoms with E-state index in [9.17, 15) is 14.7 Å². The molecule has 1 fully saturated rings. The van der Waals surface area contributed by atoms with Crippen LogP contribution in [0, 0.1) is 19.8 Å². The number of anilines is 1. The lowest BCUT2D eigenvalue weighted by Gasteiger charge is -2.35. The van der Waals surface area contributed by atoms with Gasteiger partial charge in [-0.3, -0.25) is 9.78 Å². The average Bonchev–Trinajstić information content (AvgIpc) is 2.78. The van der Waals surface area contributed by atoms with Crippen molar-refractivity contribution in [2.24, 2.45) is 5.92 Å². The third-order valence-electron chi connectivity index (χ3n) is 6.87. The van der Waals surface area contributed by atoms with Crippen molar-refractivity contribution in [3.63, 3.8) is 0 Å². The highest BCUT2D eigenvalue weighted by molar-refractivity contribution is 5.98. The highest BCUT2D eigenvalue weighted by atomic mass is 16.5. The number of ether oxygens (including phenoxy) is 1. The number of aryl methyl sites for hydroxylation is 4. The number of fused-ring (bicyclic) bond motifs is 1. The number of carbonyl (C=O) groups is 2. The van der Waals surface area contributed by atoms with Gasteiger partial charge in [-0.05, 0) is 81.0 Å². The molecule has 182 valence electrons. The summed E-state index contributed by atoms with van der Waals surface area (Å²) in [5.41, 5.74) is 4.37. The zero-order valence-electron chi connectivity index (χ0n) is 20.0. The predicted molar refractivity (Wildman–Crippen MR) is 129 cm³/mol. The van der Waals surface area contributed by atoms with Crippen LogP contribution >= 0.6 is 0 Å². The van der Waals surface area contributed by atoms with Crippen molar-refractivity contribution in [2.45, 2.75) is 70.9 Å². The van der Waals surface area contributed by atoms with Gasteiger partial charge in [-0.25, -0.2) is 9.78 Å². The van der Waals surface area contributed by atoms with E-state index in [1.54, 1.807) is 26.2 Å². The number of nitrogens with one attached hydrogen (secondary N) is 2. The van der Waals surface area contributed by atoms with Gasteiger partial charge in [0.1, 0.15) is 11.9 Å². The Morgan fingerprint density at radius 2 is 2.00 bits per heavy atom. The van der Waals surface area contributed by atoms with E-state index < -0.39 is 12.0 Å². The first-order valence-electron chi connectivity index (χ1n) is 12.2. The SMILES string of the molecule is Cc1cncc(C)c1C(=O)N[C@H](CCOC1CC(CCc2ccc3c(n2)NCCC3)C1)C(=O)O. The summed E-state index contributed by atoms with van der Waals surface area (Å²) >= 11 is 0. The fourth-order valence-electron chi connectivity index (χ4n) is 4.81. The molecule has 1 saturated carbocycles. The lowest BCUT2D eigenvalue weighted by molar-refractivity contribution is -0.140. The molecule has 34 heavy (non-hydrogen) atoms. The molecule has 0 bridgehead atoms. The Bertz CT molecular complexity index is 1020. The van der Waals surface area contributed by atoms with Gasteiger partial charge in [-0.1, -0.05) is 6.07 Å². The summed E-state index contributed by atoms with van der Waals surface area (Å²) in [5.74, 6) is 0.218. The van der Waals surface area contributed by atoms with Crippen LogP contribution in [0.15, 0.2) is 24.5 Å². The van der Waals surface area contributed by atoms with E-state index in [2.05, 4.69) is 27.8 Å². The molecule has 0 saturated heterocycles. The molecule has 3 N–H and O–H groups in total. The first-order valence-corrected chi connectivity index (χ1v) is 12.2. The molecule has 0 unspecified atom stereocenters. The van der Waals surface area contributed by atoms with Gasteiger partial charge in [0.2, 0.25) is 0 Å². The van der Waals surface area contributed by atoms with Crippen LogP contribution in [0.3, 0.4) is 0 Å². The van der Waals surface area contributed by atoms with Gasteiger partial charge in [0.25, 0.3) is 5.91 Å². The fourth-order valence-corrected chi connectivity index (χ4v) is 4.81. The molecule has 1 aliphatic carbocycles. The van der Waals surface area contributed by atoms with Crippen molar-refractivity contribution >= 4 is 17.7 Å². The van der Waals surface area contributed by atoms with Gasteiger partial charge in [-0.15, -0.1) is 0 Å². The van der Waals surface area contributed by atoms with Gasteiger partial charge in [0, 0.05) is 43.2 Å². The predicted octanol–water partition coefficient (Wildman–Crippen LogP) is 3.45. The number of aromatic nitrogens is 2. The fraction of sp³-hybridized carbons (Fsp3) is 0.538. The summed E-state index contributed by atoms with van der Waals surface area (Å²) in [7, 11) is 0. The molecule has 1 amide bonds. The minimum atomic E-state index is -1.06. The van der Waals surface area contributed by atoms with E-state index >= 15 is 0 Å². The summed E-state index contributed by atoms with van der Waals surface area (Å²) in [4.78, 5) is 33.1. The number of amides is 1. The molecule has 0 radical (unpaired) electrons. The van der Waals surface area contributed by atoms with Crippen LogP contribution in [-0.2, 0) is 22.4 Å². The van der Waals surface area contributed by atoms with Crippen molar-refractivity contribution in [1.82, 2.24) is 15.3 Å². The number of hydrogen-bond donors (Lipinski definition) is 3. The summed E-state index contributed by atoms with van der Waals surface area (Å²) in [5, 5.41) is 15.6. The van der Waals surface area contributed by atoms with Crippen LogP contribution in [0.25, 0.3) is 0 Å². The van der Waals surface area contributed by atoms with Crippen LogP contribution in [-0.4, -0.2) is 52.2 Å². The van der Waals surface area contributed by atoms with Gasteiger partial charge in [0.15, 0.2) is 0 Å². The third kappa shape index (κ3) is 5.91. The molecule has 2 aliphatic rings. The Balaban J connectivity index is 1.17. The van der Waals surface area contributed by atoms with E-state index in [0.29, 0.717) is 18.1 Å². The van der Waals surface area contributed by atoms with Crippen LogP contribution in [0.2, 0.25) is 0 Å². The van der Waals surface area contributed by atoms with Crippen LogP contribution in [0.5, 0.6) is 0 Å². The van der Waals surface area contributed by atoms with E-state index in [1.165, 1.54) is 12.0 Å². The average molecular weight is 467 g/mol. The van der Waals surface area contributed by atoms with E-state index in [0.717, 1.165) is 61.3 Å². The minimum absolute atomic E-state index is 0.165. The number of carboxylic acid groups (broad SMARTS) is 1. The largest absolute Gasteiger partial charge is 0.480 e. The first-order chi connectivity index (χ1) is 16.4. The van der Waals surface area contributed by atoms with E-state index in [4.69, 9.17) is 9.72 Å². The van der Waals surface area contributed by atoms with Crippen molar-refractivity contribution in [3.8, 4) is 0 Å². The van der Waals surface area contributed by atoms with Crippen molar-refractivity contribution in [2.75, 3.05) is 18.5 Å². The van der Waals surface area contributed by atoms with E-state index in [1.807, 2.05) is 0 Å². The molecule has 3 heterocycles. The molecule has 2 aromatic rings. The lowest BCUT2D eigenvalue weighted by atomic mass is 9.79. The molecule has 8 heteroatoms. The van der Waals surface area contributed by atoms with Crippen LogP contribution in [0.1, 0.15) is 64.8 Å². The smallest absolute Gasteiger partial charge is 0.326 e. The van der Waals surface area contributed by atoms with Gasteiger partial charge in [-0.2, -0.15) is 0 Å². The maximum absolute atomic E-state index is 12.6. The maximum atomic E-state index is 12.6. The zero-order chi connectivity index (χ0) is 24.1. The summed E-state index contributed by atoms with van der Waals surface area (Å²) in [6.07, 6.45) is 9.91. The molecule has 2 aromatic heterocycles. The molecular weight excluding hydrogens is 432 g/mol. The molecule has 0 spiro atoms. The summed E-state index contributed by atoms with van der Waals surface area (Å²) in [6.45, 7) is 4.89. The van der Waals surface area contributed by atoms with Gasteiger partial charge < -0.3 is 20.5 Å². The third-order valence-corrected chi connectivity index (χ3v) is 6.87. The van der Waals surface area contributed by atoms with Crippen LogP contribution < -0.4 is 10.6 Å². The molecule has 0 aromatic carbocycles. The van der Waals surface area contributed by atoms with Crippen LogP contribution in [0.4, 0.5) is 5.82 Å². The minimum Gasteiger partial charge on any atom is -0.480 e. The monoisotopic (exact) mass is 466 g/mol. The normalized spacial score (nSPS) is 19.9. The quantitative estimate of drug-likeness (QED) is 0.491. The van der Waals surface area contributed by atoms with Crippen molar-refractivity contribution in [1.29, 1.82) is 0 Å². The molecule has 1 aliphatic heterocycles. The van der Waals surface area contributed by atoms with Crippen molar-refractivity contribution in [3.05, 3.63) is 52.5 Å². The first kappa shape index (κ1) is 24.1. The Hall–Kier alpha value is -3.00. The Kier molecular flexibility index (Phi) is 7.77. The number of carbonyl (C=O) groups excluding carboxylic acids is 1. The Morgan fingerprint density at radius 3 is 2.74 bits per heavy atom. The number of rotatable bonds is 10. The van der Waals surface area contributed by atoms with Gasteiger partial charge >= 0.3 is 5.97 Å². The molecular formula is C26H34N4O4. The highest BCUT2D eigenvalue weighted by Crippen LogP contribution is 2.34. The number of aliphatic carboxylic acids is 1. The van der Waals surface area contributed by atoms with E-state index in [-0.39, 0.29) is 18.4 Å². The Morgan fingerprint density at radius 1 is 1.24 bits per heavy atom. The highest BCUT2D eigenvalue weighted by Gasteiger charge is 2.30. The summed E-state index contributed by atoms with van der Waals surface area (Å²) < 4.78 is 5.90. The summed E-state index contributed by atoms with van der Waals surface area (Å²) in [6, 6.07) is 3.36. The maximum Gasteiger partial charge on any atom is 0.326 e. The zero-order valence-corrected chi connectivity index (χ0v) is 20.0. The number of hydrogen-bond acceptors (Lipinski definition) is 6. The lowest BCUT2D eigenvalue weighted by Crippen LogP contribution is -2.42. The molecule has 1 atom stereocenters. The second-order valence-corrected chi connectivity index (χ2v) is 9.51. The second-order valence-electron chi connectivity index (χ2n) is 9.51. The molecule has 8 nitrogen and oxygen atoms in total. The number of carboxylic acids is 1. The second kappa shape index (κ2) is 11.0. The Labute approximate surface area is 200 Å². The molecule has 4 rings (SSSR count). The van der Waals surface area contributed by atoms with Gasteiger partial charge in [0.05, 0.1) is 6.10 Å². The standard InChI is InChI=1S/C26H34N4O4/c1-16-14-27-15-17(2)23(16)25(31)30-22(26(32)33)9-11-34-21-12-18(13-21)5-7-20-8-6-19-4-3-10-28-24(19)29-20/h6,8,14-15,18,21-22H,3-5,7,9-13H2,1-2H3,(H,28,29)(H,30,31)(H,32,33)/t18?,21?,22-/m1/s1. The number of pyridine rings is 2. The number of nitrogens with zero attached hydrogens (tertiary/aromatic N) is 2. The topological polar surface area (TPSA) is 113 Å². The van der Waals surface area contributed by atoms with Crippen molar-refractivity contribution < 1.29 is 19.4 Å².